The van der Waals surface area contributed by atoms with Crippen LogP contribution in [0.4, 0.5) is 5.69 Å². The molecule has 1 atom stereocenters. The number of carbonyl (C=O) groups is 2. The Kier molecular flexibility index (Phi) is 10.8. The van der Waals surface area contributed by atoms with Gasteiger partial charge in [0.25, 0.3) is 0 Å². The van der Waals surface area contributed by atoms with Crippen LogP contribution in [0.1, 0.15) is 56.2 Å². The average Bonchev–Trinajstić information content (AvgIpc) is 2.82. The SMILES string of the molecule is CCCNC(=O)[C@H](CC)N(Cc1ccccc1)C(=O)CCCN(c1cccc(C)c1C)S(C)(=O)=O. The van der Waals surface area contributed by atoms with E-state index in [1.807, 2.05) is 70.2 Å². The Morgan fingerprint density at radius 1 is 1.00 bits per heavy atom. The zero-order chi connectivity index (χ0) is 26.0. The summed E-state index contributed by atoms with van der Waals surface area (Å²) in [6.45, 7) is 8.79. The van der Waals surface area contributed by atoms with Gasteiger partial charge in [-0.15, -0.1) is 0 Å². The molecule has 0 fully saturated rings. The maximum absolute atomic E-state index is 13.4. The molecule has 2 aromatic rings. The first kappa shape index (κ1) is 28.4. The quantitative estimate of drug-likeness (QED) is 0.446. The molecule has 35 heavy (non-hydrogen) atoms. The monoisotopic (exact) mass is 501 g/mol. The van der Waals surface area contributed by atoms with Crippen molar-refractivity contribution >= 4 is 27.5 Å². The molecule has 192 valence electrons. The van der Waals surface area contributed by atoms with E-state index in [0.29, 0.717) is 31.6 Å². The van der Waals surface area contributed by atoms with Crippen LogP contribution in [0.15, 0.2) is 48.5 Å². The normalized spacial score (nSPS) is 12.1. The van der Waals surface area contributed by atoms with Crippen LogP contribution in [0.3, 0.4) is 0 Å². The summed E-state index contributed by atoms with van der Waals surface area (Å²) >= 11 is 0. The lowest BCUT2D eigenvalue weighted by Gasteiger charge is -2.31. The number of anilines is 1. The predicted molar refractivity (Wildman–Crippen MR) is 142 cm³/mol. The molecule has 0 saturated carbocycles. The van der Waals surface area contributed by atoms with Gasteiger partial charge in [0.2, 0.25) is 21.8 Å². The number of sulfonamides is 1. The Morgan fingerprint density at radius 3 is 2.29 bits per heavy atom. The number of hydrogen-bond acceptors (Lipinski definition) is 4. The lowest BCUT2D eigenvalue weighted by Crippen LogP contribution is -2.49. The minimum Gasteiger partial charge on any atom is -0.354 e. The Hall–Kier alpha value is -2.87. The highest BCUT2D eigenvalue weighted by Gasteiger charge is 2.28. The Labute approximate surface area is 210 Å². The van der Waals surface area contributed by atoms with Gasteiger partial charge in [0.05, 0.1) is 11.9 Å². The van der Waals surface area contributed by atoms with E-state index in [-0.39, 0.29) is 24.8 Å². The van der Waals surface area contributed by atoms with Crippen molar-refractivity contribution in [1.82, 2.24) is 10.2 Å². The smallest absolute Gasteiger partial charge is 0.242 e. The van der Waals surface area contributed by atoms with Crippen LogP contribution < -0.4 is 9.62 Å². The summed E-state index contributed by atoms with van der Waals surface area (Å²) in [5.74, 6) is -0.325. The van der Waals surface area contributed by atoms with Gasteiger partial charge in [0.1, 0.15) is 6.04 Å². The van der Waals surface area contributed by atoms with Gasteiger partial charge in [-0.3, -0.25) is 13.9 Å². The topological polar surface area (TPSA) is 86.8 Å². The number of aryl methyl sites for hydroxylation is 1. The van der Waals surface area contributed by atoms with E-state index in [2.05, 4.69) is 5.32 Å². The lowest BCUT2D eigenvalue weighted by atomic mass is 10.1. The molecule has 0 unspecified atom stereocenters. The molecule has 0 radical (unpaired) electrons. The van der Waals surface area contributed by atoms with Gasteiger partial charge < -0.3 is 10.2 Å². The zero-order valence-electron chi connectivity index (χ0n) is 21.6. The summed E-state index contributed by atoms with van der Waals surface area (Å²) in [5, 5.41) is 2.91. The minimum atomic E-state index is -3.52. The summed E-state index contributed by atoms with van der Waals surface area (Å²) in [7, 11) is -3.52. The molecule has 0 aliphatic carbocycles. The second kappa shape index (κ2) is 13.3. The molecular weight excluding hydrogens is 462 g/mol. The van der Waals surface area contributed by atoms with Crippen LogP contribution in [0.25, 0.3) is 0 Å². The van der Waals surface area contributed by atoms with Crippen LogP contribution in [0, 0.1) is 13.8 Å². The van der Waals surface area contributed by atoms with Gasteiger partial charge in [-0.05, 0) is 55.9 Å². The highest BCUT2D eigenvalue weighted by molar-refractivity contribution is 7.92. The van der Waals surface area contributed by atoms with E-state index in [1.165, 1.54) is 10.6 Å². The molecule has 0 aliphatic rings. The maximum Gasteiger partial charge on any atom is 0.242 e. The van der Waals surface area contributed by atoms with E-state index in [4.69, 9.17) is 0 Å². The standard InChI is InChI=1S/C27H39N3O4S/c1-6-18-28-27(32)24(7-2)29(20-23-14-9-8-10-15-23)26(31)17-12-19-30(35(5,33)34)25-16-11-13-21(3)22(25)4/h8-11,13-16,24H,6-7,12,17-20H2,1-5H3,(H,28,32)/t24-/m0/s1. The van der Waals surface area contributed by atoms with Gasteiger partial charge in [-0.1, -0.05) is 56.3 Å². The average molecular weight is 502 g/mol. The largest absolute Gasteiger partial charge is 0.354 e. The first-order valence-corrected chi connectivity index (χ1v) is 14.1. The molecule has 0 heterocycles. The van der Waals surface area contributed by atoms with Crippen molar-refractivity contribution in [2.45, 2.75) is 66.0 Å². The third kappa shape index (κ3) is 8.09. The molecule has 7 nitrogen and oxygen atoms in total. The van der Waals surface area contributed by atoms with Crippen molar-refractivity contribution in [2.75, 3.05) is 23.7 Å². The van der Waals surface area contributed by atoms with Crippen molar-refractivity contribution in [2.24, 2.45) is 0 Å². The molecule has 2 amide bonds. The van der Waals surface area contributed by atoms with Gasteiger partial charge in [-0.25, -0.2) is 8.42 Å². The molecule has 8 heteroatoms. The number of nitrogens with one attached hydrogen (secondary N) is 1. The first-order chi connectivity index (χ1) is 16.6. The molecule has 2 aromatic carbocycles. The molecule has 0 spiro atoms. The fourth-order valence-electron chi connectivity index (χ4n) is 4.05. The van der Waals surface area contributed by atoms with Crippen LogP contribution >= 0.6 is 0 Å². The van der Waals surface area contributed by atoms with Gasteiger partial charge in [0, 0.05) is 26.1 Å². The molecule has 0 bridgehead atoms. The number of nitrogens with zero attached hydrogens (tertiary/aromatic N) is 2. The van der Waals surface area contributed by atoms with E-state index in [9.17, 15) is 18.0 Å². The predicted octanol–water partition coefficient (Wildman–Crippen LogP) is 4.18. The fourth-order valence-corrected chi connectivity index (χ4v) is 5.07. The second-order valence-corrected chi connectivity index (χ2v) is 10.8. The summed E-state index contributed by atoms with van der Waals surface area (Å²) in [6, 6.07) is 14.6. The number of carbonyl (C=O) groups excluding carboxylic acids is 2. The Morgan fingerprint density at radius 2 is 1.69 bits per heavy atom. The van der Waals surface area contributed by atoms with Gasteiger partial charge >= 0.3 is 0 Å². The van der Waals surface area contributed by atoms with E-state index < -0.39 is 16.1 Å². The van der Waals surface area contributed by atoms with Crippen LogP contribution in [0.2, 0.25) is 0 Å². The van der Waals surface area contributed by atoms with Crippen LogP contribution in [-0.4, -0.2) is 50.5 Å². The maximum atomic E-state index is 13.4. The lowest BCUT2D eigenvalue weighted by molar-refractivity contribution is -0.141. The number of rotatable bonds is 13. The van der Waals surface area contributed by atoms with Gasteiger partial charge in [-0.2, -0.15) is 0 Å². The molecule has 0 saturated heterocycles. The summed E-state index contributed by atoms with van der Waals surface area (Å²) in [6.07, 6.45) is 2.98. The minimum absolute atomic E-state index is 0.140. The second-order valence-electron chi connectivity index (χ2n) is 8.88. The van der Waals surface area contributed by atoms with Crippen molar-refractivity contribution in [3.8, 4) is 0 Å². The molecule has 2 rings (SSSR count). The highest BCUT2D eigenvalue weighted by atomic mass is 32.2. The zero-order valence-corrected chi connectivity index (χ0v) is 22.4. The number of hydrogen-bond donors (Lipinski definition) is 1. The number of benzene rings is 2. The van der Waals surface area contributed by atoms with E-state index in [1.54, 1.807) is 11.0 Å². The Bertz CT molecular complexity index is 1090. The van der Waals surface area contributed by atoms with Crippen LogP contribution in [0.5, 0.6) is 0 Å². The van der Waals surface area contributed by atoms with E-state index in [0.717, 1.165) is 23.1 Å². The van der Waals surface area contributed by atoms with E-state index >= 15 is 0 Å². The molecule has 0 aliphatic heterocycles. The molecule has 1 N–H and O–H groups in total. The summed E-state index contributed by atoms with van der Waals surface area (Å²) in [5.41, 5.74) is 3.47. The Balaban J connectivity index is 2.21. The summed E-state index contributed by atoms with van der Waals surface area (Å²) in [4.78, 5) is 27.9. The van der Waals surface area contributed by atoms with Crippen molar-refractivity contribution in [3.05, 3.63) is 65.2 Å². The van der Waals surface area contributed by atoms with Crippen molar-refractivity contribution < 1.29 is 18.0 Å². The highest BCUT2D eigenvalue weighted by Crippen LogP contribution is 2.25. The van der Waals surface area contributed by atoms with Crippen LogP contribution in [-0.2, 0) is 26.2 Å². The molecular formula is C27H39N3O4S. The fraction of sp³-hybridized carbons (Fsp3) is 0.481. The first-order valence-electron chi connectivity index (χ1n) is 12.2. The third-order valence-corrected chi connectivity index (χ3v) is 7.31. The third-order valence-electron chi connectivity index (χ3n) is 6.13. The van der Waals surface area contributed by atoms with Crippen molar-refractivity contribution in [3.63, 3.8) is 0 Å². The van der Waals surface area contributed by atoms with Crippen molar-refractivity contribution in [1.29, 1.82) is 0 Å². The summed E-state index contributed by atoms with van der Waals surface area (Å²) < 4.78 is 26.5. The number of amides is 2. The molecule has 0 aromatic heterocycles. The van der Waals surface area contributed by atoms with Gasteiger partial charge in [0.15, 0.2) is 0 Å².